The molecule has 6 nitrogen and oxygen atoms in total. The van der Waals surface area contributed by atoms with E-state index in [1.54, 1.807) is 0 Å². The molecule has 166 valence electrons. The van der Waals surface area contributed by atoms with E-state index in [4.69, 9.17) is 0 Å². The van der Waals surface area contributed by atoms with Crippen LogP contribution in [0.2, 0.25) is 0 Å². The fourth-order valence-electron chi connectivity index (χ4n) is 3.63. The van der Waals surface area contributed by atoms with Gasteiger partial charge < -0.3 is 15.2 Å². The van der Waals surface area contributed by atoms with Crippen LogP contribution in [-0.2, 0) is 10.3 Å². The topological polar surface area (TPSA) is 78.9 Å². The molecule has 1 fully saturated rings. The molecule has 2 unspecified atom stereocenters. The van der Waals surface area contributed by atoms with Crippen molar-refractivity contribution >= 4 is 11.9 Å². The van der Waals surface area contributed by atoms with E-state index in [0.29, 0.717) is 24.0 Å². The third-order valence-corrected chi connectivity index (χ3v) is 5.26. The number of ether oxygens (including phenoxy) is 1. The molecule has 0 spiro atoms. The van der Waals surface area contributed by atoms with Crippen molar-refractivity contribution in [1.29, 1.82) is 0 Å². The first-order valence-corrected chi connectivity index (χ1v) is 9.90. The number of carbonyl (C=O) groups is 2. The number of nitrogens with zero attached hydrogens (tertiary/aromatic N) is 1. The standard InChI is InChI=1S/C22H23F3N2O4/c1-2-3-12-22(15-6-8-16(23)9-7-15)19(29)27(21(30)26-22)13-18(28)14-4-10-17(11-5-14)31-20(24)25/h4-11,18,20,28H,2-3,12-13H2,1H3,(H,26,30). The first-order chi connectivity index (χ1) is 14.8. The number of carbonyl (C=O) groups excluding carboxylic acids is 2. The van der Waals surface area contributed by atoms with Crippen molar-refractivity contribution in [3.63, 3.8) is 0 Å². The van der Waals surface area contributed by atoms with Crippen LogP contribution in [0.1, 0.15) is 43.4 Å². The summed E-state index contributed by atoms with van der Waals surface area (Å²) in [7, 11) is 0. The summed E-state index contributed by atoms with van der Waals surface area (Å²) in [5, 5.41) is 13.3. The number of aliphatic hydroxyl groups excluding tert-OH is 1. The molecule has 1 aliphatic rings. The van der Waals surface area contributed by atoms with Crippen LogP contribution in [-0.4, -0.2) is 35.1 Å². The van der Waals surface area contributed by atoms with Crippen LogP contribution < -0.4 is 10.1 Å². The smallest absolute Gasteiger partial charge is 0.387 e. The normalized spacial score (nSPS) is 19.6. The fraction of sp³-hybridized carbons (Fsp3) is 0.364. The number of alkyl halides is 2. The Kier molecular flexibility index (Phi) is 6.84. The minimum atomic E-state index is -2.97. The van der Waals surface area contributed by atoms with Gasteiger partial charge in [-0.05, 0) is 41.8 Å². The third kappa shape index (κ3) is 4.82. The van der Waals surface area contributed by atoms with Gasteiger partial charge in [-0.25, -0.2) is 9.18 Å². The summed E-state index contributed by atoms with van der Waals surface area (Å²) in [5.41, 5.74) is -0.545. The van der Waals surface area contributed by atoms with Gasteiger partial charge >= 0.3 is 12.6 Å². The van der Waals surface area contributed by atoms with Gasteiger partial charge in [0.05, 0.1) is 12.6 Å². The Bertz CT molecular complexity index is 921. The lowest BCUT2D eigenvalue weighted by Crippen LogP contribution is -2.44. The van der Waals surface area contributed by atoms with Gasteiger partial charge in [0.1, 0.15) is 17.1 Å². The molecule has 0 aliphatic carbocycles. The predicted octanol–water partition coefficient (Wildman–Crippen LogP) is 4.10. The van der Waals surface area contributed by atoms with Crippen LogP contribution in [0.5, 0.6) is 5.75 Å². The highest BCUT2D eigenvalue weighted by molar-refractivity contribution is 6.07. The molecule has 2 N–H and O–H groups in total. The molecule has 2 atom stereocenters. The van der Waals surface area contributed by atoms with E-state index in [1.807, 2.05) is 6.92 Å². The van der Waals surface area contributed by atoms with Crippen molar-refractivity contribution in [3.05, 3.63) is 65.5 Å². The Hall–Kier alpha value is -3.07. The maximum absolute atomic E-state index is 13.4. The summed E-state index contributed by atoms with van der Waals surface area (Å²) in [6.45, 7) is -1.35. The summed E-state index contributed by atoms with van der Waals surface area (Å²) >= 11 is 0. The highest BCUT2D eigenvalue weighted by Gasteiger charge is 2.52. The Labute approximate surface area is 177 Å². The summed E-state index contributed by atoms with van der Waals surface area (Å²) in [6.07, 6.45) is 0.518. The van der Waals surface area contributed by atoms with Gasteiger partial charge in [-0.1, -0.05) is 44.0 Å². The first-order valence-electron chi connectivity index (χ1n) is 9.90. The number of rotatable bonds is 9. The SMILES string of the molecule is CCCCC1(c2ccc(F)cc2)NC(=O)N(CC(O)c2ccc(OC(F)F)cc2)C1=O. The Balaban J connectivity index is 1.81. The number of urea groups is 1. The lowest BCUT2D eigenvalue weighted by molar-refractivity contribution is -0.133. The average molecular weight is 436 g/mol. The van der Waals surface area contributed by atoms with Crippen molar-refractivity contribution in [2.75, 3.05) is 6.54 Å². The lowest BCUT2D eigenvalue weighted by Gasteiger charge is -2.27. The number of imide groups is 1. The monoisotopic (exact) mass is 436 g/mol. The molecular weight excluding hydrogens is 413 g/mol. The summed E-state index contributed by atoms with van der Waals surface area (Å²) in [4.78, 5) is 26.9. The van der Waals surface area contributed by atoms with E-state index in [-0.39, 0.29) is 12.3 Å². The quantitative estimate of drug-likeness (QED) is 0.581. The van der Waals surface area contributed by atoms with Crippen molar-refractivity contribution in [1.82, 2.24) is 10.2 Å². The van der Waals surface area contributed by atoms with Crippen molar-refractivity contribution in [2.24, 2.45) is 0 Å². The average Bonchev–Trinajstić information content (AvgIpc) is 2.98. The van der Waals surface area contributed by atoms with Gasteiger partial charge in [-0.3, -0.25) is 9.69 Å². The number of benzene rings is 2. The highest BCUT2D eigenvalue weighted by atomic mass is 19.3. The van der Waals surface area contributed by atoms with E-state index < -0.39 is 36.0 Å². The molecule has 1 aliphatic heterocycles. The molecule has 9 heteroatoms. The second-order valence-corrected chi connectivity index (χ2v) is 7.33. The van der Waals surface area contributed by atoms with Crippen LogP contribution >= 0.6 is 0 Å². The Morgan fingerprint density at radius 3 is 2.32 bits per heavy atom. The summed E-state index contributed by atoms with van der Waals surface area (Å²) in [5.74, 6) is -1.07. The molecule has 1 saturated heterocycles. The van der Waals surface area contributed by atoms with E-state index in [0.717, 1.165) is 11.3 Å². The second-order valence-electron chi connectivity index (χ2n) is 7.33. The number of unbranched alkanes of at least 4 members (excludes halogenated alkanes) is 1. The molecule has 0 radical (unpaired) electrons. The molecule has 0 aromatic heterocycles. The van der Waals surface area contributed by atoms with Crippen LogP contribution in [0.4, 0.5) is 18.0 Å². The number of nitrogens with one attached hydrogen (secondary N) is 1. The second kappa shape index (κ2) is 9.38. The first kappa shape index (κ1) is 22.6. The van der Waals surface area contributed by atoms with Gasteiger partial charge in [0.2, 0.25) is 0 Å². The number of amides is 3. The molecule has 0 saturated carbocycles. The minimum Gasteiger partial charge on any atom is -0.435 e. The fourth-order valence-corrected chi connectivity index (χ4v) is 3.63. The molecule has 2 aromatic rings. The molecule has 0 bridgehead atoms. The van der Waals surface area contributed by atoms with Crippen molar-refractivity contribution < 1.29 is 32.6 Å². The number of hydrogen-bond donors (Lipinski definition) is 2. The van der Waals surface area contributed by atoms with Crippen LogP contribution in [0.25, 0.3) is 0 Å². The van der Waals surface area contributed by atoms with Crippen molar-refractivity contribution in [2.45, 2.75) is 44.4 Å². The van der Waals surface area contributed by atoms with Crippen LogP contribution in [0.15, 0.2) is 48.5 Å². The van der Waals surface area contributed by atoms with Crippen molar-refractivity contribution in [3.8, 4) is 5.75 Å². The lowest BCUT2D eigenvalue weighted by atomic mass is 9.84. The van der Waals surface area contributed by atoms with Crippen LogP contribution in [0, 0.1) is 5.82 Å². The molecule has 3 rings (SSSR count). The molecule has 2 aromatic carbocycles. The summed E-state index contributed by atoms with van der Waals surface area (Å²) < 4.78 is 42.2. The zero-order chi connectivity index (χ0) is 22.6. The van der Waals surface area contributed by atoms with Crippen LogP contribution in [0.3, 0.4) is 0 Å². The van der Waals surface area contributed by atoms with Gasteiger partial charge in [0.15, 0.2) is 0 Å². The third-order valence-electron chi connectivity index (χ3n) is 5.26. The van der Waals surface area contributed by atoms with E-state index >= 15 is 0 Å². The molecule has 1 heterocycles. The number of halogens is 3. The maximum Gasteiger partial charge on any atom is 0.387 e. The predicted molar refractivity (Wildman–Crippen MR) is 106 cm³/mol. The van der Waals surface area contributed by atoms with Gasteiger partial charge in [-0.2, -0.15) is 8.78 Å². The number of β-amino-alcohol motifs (C(OH)–C–C–N with tert-alkyl or cyclic N) is 1. The van der Waals surface area contributed by atoms with E-state index in [2.05, 4.69) is 10.1 Å². The number of aliphatic hydroxyl groups is 1. The molecular formula is C22H23F3N2O4. The van der Waals surface area contributed by atoms with Gasteiger partial charge in [-0.15, -0.1) is 0 Å². The molecule has 31 heavy (non-hydrogen) atoms. The largest absolute Gasteiger partial charge is 0.435 e. The highest BCUT2D eigenvalue weighted by Crippen LogP contribution is 2.35. The Morgan fingerprint density at radius 1 is 1.10 bits per heavy atom. The van der Waals surface area contributed by atoms with Gasteiger partial charge in [0, 0.05) is 0 Å². The maximum atomic E-state index is 13.4. The van der Waals surface area contributed by atoms with E-state index in [1.165, 1.54) is 48.5 Å². The zero-order valence-corrected chi connectivity index (χ0v) is 16.9. The van der Waals surface area contributed by atoms with E-state index in [9.17, 15) is 27.9 Å². The number of hydrogen-bond acceptors (Lipinski definition) is 4. The molecule has 3 amide bonds. The Morgan fingerprint density at radius 2 is 1.74 bits per heavy atom. The van der Waals surface area contributed by atoms with Gasteiger partial charge in [0.25, 0.3) is 5.91 Å². The summed E-state index contributed by atoms with van der Waals surface area (Å²) in [6, 6.07) is 10.0. The minimum absolute atomic E-state index is 0.0733. The zero-order valence-electron chi connectivity index (χ0n) is 16.9.